The molecule has 9 heteroatoms. The number of benzene rings is 1. The van der Waals surface area contributed by atoms with Gasteiger partial charge in [-0.3, -0.25) is 4.90 Å². The highest BCUT2D eigenvalue weighted by Crippen LogP contribution is 2.33. The van der Waals surface area contributed by atoms with E-state index < -0.39 is 0 Å². The van der Waals surface area contributed by atoms with Crippen molar-refractivity contribution in [1.29, 1.82) is 0 Å². The summed E-state index contributed by atoms with van der Waals surface area (Å²) in [5.41, 5.74) is 2.93. The largest absolute Gasteiger partial charge is 0.379 e. The van der Waals surface area contributed by atoms with E-state index in [1.807, 2.05) is 11.6 Å². The van der Waals surface area contributed by atoms with Gasteiger partial charge >= 0.3 is 0 Å². The highest BCUT2D eigenvalue weighted by Gasteiger charge is 2.27. The first-order valence-electron chi connectivity index (χ1n) is 11.5. The molecule has 0 unspecified atom stereocenters. The fraction of sp³-hybridized carbons (Fsp3) is 0.478. The average Bonchev–Trinajstić information content (AvgIpc) is 3.43. The molecule has 0 atom stereocenters. The first-order valence-corrected chi connectivity index (χ1v) is 11.5. The predicted molar refractivity (Wildman–Crippen MR) is 123 cm³/mol. The Balaban J connectivity index is 1.27. The molecular weight excluding hydrogens is 404 g/mol. The summed E-state index contributed by atoms with van der Waals surface area (Å²) in [5.74, 6) is 1.75. The van der Waals surface area contributed by atoms with E-state index in [2.05, 4.69) is 53.6 Å². The van der Waals surface area contributed by atoms with Gasteiger partial charge < -0.3 is 19.6 Å². The molecule has 4 aromatic rings. The fourth-order valence-electron chi connectivity index (χ4n) is 5.24. The van der Waals surface area contributed by atoms with Gasteiger partial charge in [-0.2, -0.15) is 0 Å². The van der Waals surface area contributed by atoms with Crippen LogP contribution < -0.4 is 5.32 Å². The molecule has 0 spiro atoms. The van der Waals surface area contributed by atoms with Crippen LogP contribution in [0, 0.1) is 0 Å². The summed E-state index contributed by atoms with van der Waals surface area (Å²) in [7, 11) is 1.96. The van der Waals surface area contributed by atoms with Crippen molar-refractivity contribution in [2.24, 2.45) is 7.05 Å². The monoisotopic (exact) mass is 432 g/mol. The smallest absolute Gasteiger partial charge is 0.163 e. The van der Waals surface area contributed by atoms with Crippen LogP contribution in [0.4, 0.5) is 5.82 Å². The van der Waals surface area contributed by atoms with Gasteiger partial charge in [0.25, 0.3) is 0 Å². The lowest BCUT2D eigenvalue weighted by Crippen LogP contribution is -2.46. The maximum absolute atomic E-state index is 5.52. The van der Waals surface area contributed by atoms with Gasteiger partial charge in [0.05, 0.1) is 18.6 Å². The third-order valence-electron chi connectivity index (χ3n) is 6.96. The summed E-state index contributed by atoms with van der Waals surface area (Å²) in [6.45, 7) is 3.87. The Morgan fingerprint density at radius 3 is 2.72 bits per heavy atom. The van der Waals surface area contributed by atoms with E-state index in [4.69, 9.17) is 4.74 Å². The van der Waals surface area contributed by atoms with Crippen molar-refractivity contribution in [1.82, 2.24) is 34.6 Å². The van der Waals surface area contributed by atoms with Gasteiger partial charge in [-0.15, -0.1) is 10.2 Å². The number of aromatic nitrogens is 6. The fourth-order valence-corrected chi connectivity index (χ4v) is 5.24. The molecule has 2 fully saturated rings. The zero-order valence-electron chi connectivity index (χ0n) is 18.3. The minimum Gasteiger partial charge on any atom is -0.379 e. The second-order valence-corrected chi connectivity index (χ2v) is 8.89. The van der Waals surface area contributed by atoms with Crippen LogP contribution in [0.5, 0.6) is 0 Å². The number of aromatic amines is 1. The van der Waals surface area contributed by atoms with Crippen LogP contribution in [0.3, 0.4) is 0 Å². The summed E-state index contributed by atoms with van der Waals surface area (Å²) < 4.78 is 7.45. The highest BCUT2D eigenvalue weighted by molar-refractivity contribution is 6.12. The molecule has 1 aromatic carbocycles. The molecule has 0 amide bonds. The molecule has 9 nitrogen and oxygen atoms in total. The molecule has 1 saturated carbocycles. The molecule has 0 bridgehead atoms. The van der Waals surface area contributed by atoms with Gasteiger partial charge in [-0.1, -0.05) is 0 Å². The standard InChI is InChI=1S/C23H28N8O/c1-30-14-26-29-23(30)15-2-7-19-18(12-15)20-21(24-13-25-22(20)28-19)27-16-3-5-17(6-4-16)31-8-10-32-11-9-31/h2,7,12-14,16-17H,3-6,8-11H2,1H3,(H2,24,25,27,28). The van der Waals surface area contributed by atoms with Gasteiger partial charge in [0.1, 0.15) is 24.1 Å². The van der Waals surface area contributed by atoms with E-state index in [-0.39, 0.29) is 0 Å². The molecule has 2 aliphatic rings. The number of hydrogen-bond acceptors (Lipinski definition) is 7. The van der Waals surface area contributed by atoms with Gasteiger partial charge in [-0.05, 0) is 43.9 Å². The van der Waals surface area contributed by atoms with Crippen LogP contribution in [-0.2, 0) is 11.8 Å². The van der Waals surface area contributed by atoms with E-state index in [0.29, 0.717) is 12.1 Å². The summed E-state index contributed by atoms with van der Waals surface area (Å²) in [5, 5.41) is 14.2. The normalized spacial score (nSPS) is 22.5. The second-order valence-electron chi connectivity index (χ2n) is 8.89. The maximum atomic E-state index is 5.52. The van der Waals surface area contributed by atoms with Crippen molar-refractivity contribution in [2.75, 3.05) is 31.6 Å². The minimum atomic E-state index is 0.428. The Morgan fingerprint density at radius 2 is 1.94 bits per heavy atom. The highest BCUT2D eigenvalue weighted by atomic mass is 16.5. The molecule has 166 valence electrons. The van der Waals surface area contributed by atoms with Crippen LogP contribution in [0.25, 0.3) is 33.3 Å². The van der Waals surface area contributed by atoms with Gasteiger partial charge in [0.15, 0.2) is 5.82 Å². The number of aryl methyl sites for hydroxylation is 1. The molecule has 0 radical (unpaired) electrons. The van der Waals surface area contributed by atoms with Crippen molar-refractivity contribution in [3.8, 4) is 11.4 Å². The quantitative estimate of drug-likeness (QED) is 0.512. The minimum absolute atomic E-state index is 0.428. The lowest BCUT2D eigenvalue weighted by molar-refractivity contribution is 0.00791. The number of H-pyrrole nitrogens is 1. The van der Waals surface area contributed by atoms with Gasteiger partial charge in [-0.25, -0.2) is 9.97 Å². The SMILES string of the molecule is Cn1cnnc1-c1ccc2[nH]c3ncnc(NC4CCC(N5CCOCC5)CC4)c3c2c1. The molecule has 4 heterocycles. The number of nitrogens with one attached hydrogen (secondary N) is 2. The van der Waals surface area contributed by atoms with Crippen LogP contribution in [-0.4, -0.2) is 73.0 Å². The average molecular weight is 433 g/mol. The van der Waals surface area contributed by atoms with E-state index >= 15 is 0 Å². The number of morpholine rings is 1. The molecule has 6 rings (SSSR count). The van der Waals surface area contributed by atoms with Crippen LogP contribution in [0.2, 0.25) is 0 Å². The topological polar surface area (TPSA) is 96.8 Å². The first-order chi connectivity index (χ1) is 15.8. The van der Waals surface area contributed by atoms with E-state index in [1.165, 1.54) is 12.8 Å². The summed E-state index contributed by atoms with van der Waals surface area (Å²) in [6.07, 6.45) is 8.10. The van der Waals surface area contributed by atoms with Crippen LogP contribution >= 0.6 is 0 Å². The van der Waals surface area contributed by atoms with Crippen molar-refractivity contribution in [3.63, 3.8) is 0 Å². The van der Waals surface area contributed by atoms with Gasteiger partial charge in [0, 0.05) is 48.7 Å². The predicted octanol–water partition coefficient (Wildman–Crippen LogP) is 2.96. The second kappa shape index (κ2) is 8.14. The van der Waals surface area contributed by atoms with E-state index in [1.54, 1.807) is 12.7 Å². The first kappa shape index (κ1) is 19.6. The third-order valence-corrected chi connectivity index (χ3v) is 6.96. The Kier molecular flexibility index (Phi) is 4.99. The number of ether oxygens (including phenoxy) is 1. The number of nitrogens with zero attached hydrogens (tertiary/aromatic N) is 6. The lowest BCUT2D eigenvalue weighted by Gasteiger charge is -2.39. The molecular formula is C23H28N8O. The van der Waals surface area contributed by atoms with Crippen molar-refractivity contribution in [3.05, 3.63) is 30.9 Å². The van der Waals surface area contributed by atoms with E-state index in [9.17, 15) is 0 Å². The lowest BCUT2D eigenvalue weighted by atomic mass is 9.90. The molecule has 32 heavy (non-hydrogen) atoms. The zero-order chi connectivity index (χ0) is 21.5. The number of anilines is 1. The number of hydrogen-bond donors (Lipinski definition) is 2. The number of rotatable bonds is 4. The Hall–Kier alpha value is -3.04. The molecule has 1 saturated heterocycles. The molecule has 1 aliphatic carbocycles. The van der Waals surface area contributed by atoms with Crippen LogP contribution in [0.15, 0.2) is 30.9 Å². The molecule has 2 N–H and O–H groups in total. The number of fused-ring (bicyclic) bond motifs is 3. The van der Waals surface area contributed by atoms with Crippen LogP contribution in [0.1, 0.15) is 25.7 Å². The van der Waals surface area contributed by atoms with Crippen molar-refractivity contribution in [2.45, 2.75) is 37.8 Å². The van der Waals surface area contributed by atoms with Crippen molar-refractivity contribution >= 4 is 27.8 Å². The van der Waals surface area contributed by atoms with Crippen molar-refractivity contribution < 1.29 is 4.74 Å². The van der Waals surface area contributed by atoms with Gasteiger partial charge in [0.2, 0.25) is 0 Å². The molecule has 1 aliphatic heterocycles. The zero-order valence-corrected chi connectivity index (χ0v) is 18.3. The summed E-state index contributed by atoms with van der Waals surface area (Å²) in [6, 6.07) is 7.41. The Labute approximate surface area is 186 Å². The Bertz CT molecular complexity index is 1230. The molecule has 3 aromatic heterocycles. The third kappa shape index (κ3) is 3.51. The summed E-state index contributed by atoms with van der Waals surface area (Å²) in [4.78, 5) is 15.2. The van der Waals surface area contributed by atoms with E-state index in [0.717, 1.165) is 78.3 Å². The maximum Gasteiger partial charge on any atom is 0.163 e. The summed E-state index contributed by atoms with van der Waals surface area (Å²) >= 11 is 0. The Morgan fingerprint density at radius 1 is 1.09 bits per heavy atom.